The van der Waals surface area contributed by atoms with Crippen LogP contribution in [0.1, 0.15) is 36.0 Å². The van der Waals surface area contributed by atoms with E-state index in [1.54, 1.807) is 24.3 Å². The molecule has 0 aliphatic heterocycles. The SMILES string of the molecule is O=C(Nc1cc(F)c(F)c(F)c1)c1ccc(Cl)c(S(=O)(=O)C2C3CC[C@@H]2CC(O)(/C=N/Oc2ccccc2)C3)c1. The summed E-state index contributed by atoms with van der Waals surface area (Å²) < 4.78 is 68.0. The van der Waals surface area contributed by atoms with E-state index in [1.165, 1.54) is 18.3 Å². The third-order valence-electron chi connectivity index (χ3n) is 7.36. The largest absolute Gasteiger partial charge is 0.384 e. The maximum Gasteiger partial charge on any atom is 0.255 e. The number of oxime groups is 1. The van der Waals surface area contributed by atoms with Crippen molar-refractivity contribution in [3.63, 3.8) is 0 Å². The first-order chi connectivity index (χ1) is 19.0. The van der Waals surface area contributed by atoms with Gasteiger partial charge in [0.1, 0.15) is 5.60 Å². The fourth-order valence-electron chi connectivity index (χ4n) is 5.69. The first kappa shape index (κ1) is 28.1. The fraction of sp³-hybridized carbons (Fsp3) is 0.286. The predicted molar refractivity (Wildman–Crippen MR) is 143 cm³/mol. The van der Waals surface area contributed by atoms with Gasteiger partial charge in [-0.15, -0.1) is 0 Å². The summed E-state index contributed by atoms with van der Waals surface area (Å²) in [7, 11) is -4.06. The Morgan fingerprint density at radius 3 is 2.27 bits per heavy atom. The molecule has 2 N–H and O–H groups in total. The van der Waals surface area contributed by atoms with Gasteiger partial charge in [-0.05, 0) is 67.9 Å². The third kappa shape index (κ3) is 5.59. The van der Waals surface area contributed by atoms with Gasteiger partial charge in [-0.2, -0.15) is 0 Å². The van der Waals surface area contributed by atoms with E-state index < -0.39 is 55.9 Å². The average Bonchev–Trinajstić information content (AvgIpc) is 3.21. The van der Waals surface area contributed by atoms with E-state index in [0.29, 0.717) is 30.7 Å². The molecule has 3 aromatic rings. The lowest BCUT2D eigenvalue weighted by Crippen LogP contribution is -2.47. The molecule has 40 heavy (non-hydrogen) atoms. The maximum absolute atomic E-state index is 13.8. The number of hydrogen-bond acceptors (Lipinski definition) is 6. The van der Waals surface area contributed by atoms with E-state index in [0.717, 1.165) is 6.07 Å². The minimum atomic E-state index is -4.06. The van der Waals surface area contributed by atoms with Crippen LogP contribution in [0.4, 0.5) is 18.9 Å². The summed E-state index contributed by atoms with van der Waals surface area (Å²) in [5.41, 5.74) is -1.82. The number of carbonyl (C=O) groups excluding carboxylic acids is 1. The van der Waals surface area contributed by atoms with Crippen molar-refractivity contribution in [2.24, 2.45) is 17.0 Å². The highest BCUT2D eigenvalue weighted by atomic mass is 35.5. The number of rotatable bonds is 7. The van der Waals surface area contributed by atoms with Gasteiger partial charge < -0.3 is 15.3 Å². The lowest BCUT2D eigenvalue weighted by molar-refractivity contribution is 0.0458. The van der Waals surface area contributed by atoms with Crippen molar-refractivity contribution in [2.45, 2.75) is 41.4 Å². The van der Waals surface area contributed by atoms with E-state index in [9.17, 15) is 31.5 Å². The summed E-state index contributed by atoms with van der Waals surface area (Å²) in [5.74, 6) is -5.81. The smallest absolute Gasteiger partial charge is 0.255 e. The molecule has 0 saturated heterocycles. The van der Waals surface area contributed by atoms with Gasteiger partial charge in [0.2, 0.25) is 0 Å². The van der Waals surface area contributed by atoms with Gasteiger partial charge in [0.05, 0.1) is 21.4 Å². The van der Waals surface area contributed by atoms with Gasteiger partial charge in [-0.25, -0.2) is 21.6 Å². The summed E-state index contributed by atoms with van der Waals surface area (Å²) in [5, 5.41) is 16.4. The molecule has 0 radical (unpaired) electrons. The Labute approximate surface area is 233 Å². The summed E-state index contributed by atoms with van der Waals surface area (Å²) >= 11 is 6.28. The van der Waals surface area contributed by atoms with E-state index in [-0.39, 0.29) is 34.0 Å². The van der Waals surface area contributed by atoms with Gasteiger partial charge in [0.25, 0.3) is 5.91 Å². The molecule has 2 bridgehead atoms. The zero-order chi connectivity index (χ0) is 28.7. The number of fused-ring (bicyclic) bond motifs is 2. The van der Waals surface area contributed by atoms with Gasteiger partial charge in [0, 0.05) is 23.4 Å². The topological polar surface area (TPSA) is 105 Å². The lowest BCUT2D eigenvalue weighted by atomic mass is 9.78. The van der Waals surface area contributed by atoms with Crippen LogP contribution in [0.5, 0.6) is 5.75 Å². The van der Waals surface area contributed by atoms with Crippen LogP contribution in [0, 0.1) is 29.3 Å². The Morgan fingerprint density at radius 2 is 1.65 bits per heavy atom. The summed E-state index contributed by atoms with van der Waals surface area (Å²) in [6.07, 6.45) is 2.75. The monoisotopic (exact) mass is 592 g/mol. The second-order valence-corrected chi connectivity index (χ2v) is 12.6. The van der Waals surface area contributed by atoms with Crippen LogP contribution >= 0.6 is 11.6 Å². The molecule has 7 nitrogen and oxygen atoms in total. The molecule has 2 aliphatic rings. The number of sulfone groups is 1. The number of nitrogens with one attached hydrogen (secondary N) is 1. The van der Waals surface area contributed by atoms with Crippen LogP contribution in [0.2, 0.25) is 5.02 Å². The predicted octanol–water partition coefficient (Wildman–Crippen LogP) is 5.77. The Kier molecular flexibility index (Phi) is 7.64. The fourth-order valence-corrected chi connectivity index (χ4v) is 8.53. The van der Waals surface area contributed by atoms with Crippen molar-refractivity contribution < 1.29 is 36.3 Å². The average molecular weight is 593 g/mol. The van der Waals surface area contributed by atoms with Crippen LogP contribution in [0.15, 0.2) is 70.7 Å². The lowest BCUT2D eigenvalue weighted by Gasteiger charge is -2.38. The minimum Gasteiger partial charge on any atom is -0.384 e. The molecule has 3 unspecified atom stereocenters. The molecule has 2 fully saturated rings. The number of hydrogen-bond donors (Lipinski definition) is 2. The minimum absolute atomic E-state index is 0.0894. The van der Waals surface area contributed by atoms with Crippen LogP contribution in [0.3, 0.4) is 0 Å². The zero-order valence-corrected chi connectivity index (χ0v) is 22.4. The highest BCUT2D eigenvalue weighted by Gasteiger charge is 2.54. The molecule has 0 heterocycles. The second kappa shape index (κ2) is 10.9. The number of nitrogens with zero attached hydrogens (tertiary/aromatic N) is 1. The number of amides is 1. The van der Waals surface area contributed by atoms with Crippen molar-refractivity contribution in [1.29, 1.82) is 0 Å². The van der Waals surface area contributed by atoms with E-state index in [2.05, 4.69) is 10.5 Å². The number of benzene rings is 3. The number of carbonyl (C=O) groups is 1. The van der Waals surface area contributed by atoms with Crippen LogP contribution in [-0.2, 0) is 9.84 Å². The van der Waals surface area contributed by atoms with Crippen LogP contribution in [0.25, 0.3) is 0 Å². The first-order valence-corrected chi connectivity index (χ1v) is 14.4. The van der Waals surface area contributed by atoms with Crippen molar-refractivity contribution in [3.8, 4) is 5.75 Å². The summed E-state index contributed by atoms with van der Waals surface area (Å²) in [4.78, 5) is 17.8. The van der Waals surface area contributed by atoms with Gasteiger partial charge in [-0.1, -0.05) is 35.0 Å². The van der Waals surface area contributed by atoms with Crippen molar-refractivity contribution in [3.05, 3.63) is 88.7 Å². The Hall–Kier alpha value is -3.41. The van der Waals surface area contributed by atoms with E-state index >= 15 is 0 Å². The van der Waals surface area contributed by atoms with Gasteiger partial charge in [0.15, 0.2) is 33.0 Å². The first-order valence-electron chi connectivity index (χ1n) is 12.5. The van der Waals surface area contributed by atoms with Gasteiger partial charge in [-0.3, -0.25) is 4.79 Å². The number of para-hydroxylation sites is 1. The van der Waals surface area contributed by atoms with Crippen LogP contribution < -0.4 is 10.2 Å². The molecule has 2 saturated carbocycles. The second-order valence-electron chi connectivity index (χ2n) is 10.1. The highest BCUT2D eigenvalue weighted by Crippen LogP contribution is 2.51. The molecular formula is C28H24ClF3N2O5S. The van der Waals surface area contributed by atoms with E-state index in [4.69, 9.17) is 16.4 Å². The summed E-state index contributed by atoms with van der Waals surface area (Å²) in [6, 6.07) is 13.7. The quantitative estimate of drug-likeness (QED) is 0.206. The molecule has 2 aliphatic carbocycles. The Balaban J connectivity index is 1.35. The molecule has 4 atom stereocenters. The molecule has 5 rings (SSSR count). The highest BCUT2D eigenvalue weighted by molar-refractivity contribution is 7.92. The molecule has 12 heteroatoms. The summed E-state index contributed by atoms with van der Waals surface area (Å²) in [6.45, 7) is 0. The molecule has 0 spiro atoms. The normalized spacial score (nSPS) is 24.3. The maximum atomic E-state index is 13.8. The van der Waals surface area contributed by atoms with Crippen molar-refractivity contribution >= 4 is 39.2 Å². The van der Waals surface area contributed by atoms with Crippen molar-refractivity contribution in [2.75, 3.05) is 5.32 Å². The van der Waals surface area contributed by atoms with Gasteiger partial charge >= 0.3 is 0 Å². The third-order valence-corrected chi connectivity index (χ3v) is 10.2. The van der Waals surface area contributed by atoms with Crippen LogP contribution in [-0.4, -0.2) is 36.5 Å². The molecule has 210 valence electrons. The Morgan fingerprint density at radius 1 is 1.02 bits per heavy atom. The van der Waals surface area contributed by atoms with Crippen molar-refractivity contribution in [1.82, 2.24) is 0 Å². The molecule has 3 aromatic carbocycles. The standard InChI is InChI=1S/C28H24ClF3N2O5S/c29-21-9-8-16(27(35)34-19-11-22(30)25(32)23(31)12-19)10-24(21)40(37,38)26-17-6-7-18(26)14-28(36,13-17)15-33-39-20-4-2-1-3-5-20/h1-5,8-12,15,17-18,26,36H,6-7,13-14H2,(H,34,35)/b33-15+/t17-,18?,26?,28?/m1/s1. The van der Waals surface area contributed by atoms with E-state index in [1.807, 2.05) is 6.07 Å². The zero-order valence-electron chi connectivity index (χ0n) is 20.9. The molecule has 0 aromatic heterocycles. The Bertz CT molecular complexity index is 1550. The number of anilines is 1. The number of halogens is 4. The molecular weight excluding hydrogens is 569 g/mol. The number of aliphatic hydroxyl groups is 1. The molecule has 1 amide bonds.